The number of hydrogen-bond donors (Lipinski definition) is 1. The third kappa shape index (κ3) is 2.59. The van der Waals surface area contributed by atoms with Gasteiger partial charge in [0.1, 0.15) is 5.82 Å². The van der Waals surface area contributed by atoms with E-state index in [0.717, 1.165) is 26.2 Å². The molecule has 1 aromatic heterocycles. The molecular weight excluding hydrogens is 220 g/mol. The van der Waals surface area contributed by atoms with E-state index in [2.05, 4.69) is 26.9 Å². The van der Waals surface area contributed by atoms with E-state index in [0.29, 0.717) is 6.04 Å². The molecule has 0 aliphatic carbocycles. The standard InChI is InChI=1S/C11H20N4S/c1-16-7-2-10(8-12)15-6-5-14-4-3-13-11(14)9-15/h3-4,10H,2,5-9,12H2,1H3. The maximum Gasteiger partial charge on any atom is 0.122 e. The first-order valence-electron chi connectivity index (χ1n) is 5.78. The summed E-state index contributed by atoms with van der Waals surface area (Å²) >= 11 is 1.89. The van der Waals surface area contributed by atoms with Crippen molar-refractivity contribution in [3.8, 4) is 0 Å². The molecule has 0 radical (unpaired) electrons. The Morgan fingerprint density at radius 3 is 3.19 bits per heavy atom. The molecule has 0 bridgehead atoms. The summed E-state index contributed by atoms with van der Waals surface area (Å²) in [5.41, 5.74) is 5.86. The van der Waals surface area contributed by atoms with Crippen LogP contribution in [0.15, 0.2) is 12.4 Å². The summed E-state index contributed by atoms with van der Waals surface area (Å²) < 4.78 is 2.23. The lowest BCUT2D eigenvalue weighted by Crippen LogP contribution is -2.45. The Balaban J connectivity index is 1.95. The quantitative estimate of drug-likeness (QED) is 0.826. The van der Waals surface area contributed by atoms with E-state index in [-0.39, 0.29) is 0 Å². The first kappa shape index (κ1) is 12.0. The van der Waals surface area contributed by atoms with E-state index in [1.54, 1.807) is 0 Å². The molecule has 2 heterocycles. The zero-order valence-corrected chi connectivity index (χ0v) is 10.6. The zero-order valence-electron chi connectivity index (χ0n) is 9.80. The molecular formula is C11H20N4S. The molecule has 1 aromatic rings. The van der Waals surface area contributed by atoms with Crippen molar-refractivity contribution in [1.82, 2.24) is 14.5 Å². The van der Waals surface area contributed by atoms with Crippen LogP contribution in [0.5, 0.6) is 0 Å². The van der Waals surface area contributed by atoms with Crippen LogP contribution < -0.4 is 5.73 Å². The van der Waals surface area contributed by atoms with E-state index >= 15 is 0 Å². The van der Waals surface area contributed by atoms with Gasteiger partial charge in [0.25, 0.3) is 0 Å². The van der Waals surface area contributed by atoms with Crippen molar-refractivity contribution < 1.29 is 0 Å². The first-order chi connectivity index (χ1) is 7.85. The molecule has 2 rings (SSSR count). The Kier molecular flexibility index (Phi) is 4.26. The molecule has 4 nitrogen and oxygen atoms in total. The molecule has 0 fully saturated rings. The Morgan fingerprint density at radius 1 is 1.56 bits per heavy atom. The van der Waals surface area contributed by atoms with Crippen molar-refractivity contribution in [2.45, 2.75) is 25.6 Å². The molecule has 0 saturated heterocycles. The molecule has 1 atom stereocenters. The number of aromatic nitrogens is 2. The molecule has 0 amide bonds. The molecule has 1 aliphatic heterocycles. The van der Waals surface area contributed by atoms with Crippen molar-refractivity contribution in [3.63, 3.8) is 0 Å². The van der Waals surface area contributed by atoms with Crippen molar-refractivity contribution in [2.24, 2.45) is 5.73 Å². The zero-order chi connectivity index (χ0) is 11.4. The lowest BCUT2D eigenvalue weighted by molar-refractivity contribution is 0.153. The highest BCUT2D eigenvalue weighted by Crippen LogP contribution is 2.15. The van der Waals surface area contributed by atoms with Gasteiger partial charge < -0.3 is 10.3 Å². The number of fused-ring (bicyclic) bond motifs is 1. The van der Waals surface area contributed by atoms with E-state index < -0.39 is 0 Å². The summed E-state index contributed by atoms with van der Waals surface area (Å²) in [5.74, 6) is 2.36. The molecule has 16 heavy (non-hydrogen) atoms. The number of hydrogen-bond acceptors (Lipinski definition) is 4. The molecule has 90 valence electrons. The molecule has 1 unspecified atom stereocenters. The lowest BCUT2D eigenvalue weighted by Gasteiger charge is -2.34. The first-order valence-corrected chi connectivity index (χ1v) is 7.17. The second kappa shape index (κ2) is 5.70. The fraction of sp³-hybridized carbons (Fsp3) is 0.727. The van der Waals surface area contributed by atoms with Gasteiger partial charge in [0.2, 0.25) is 0 Å². The van der Waals surface area contributed by atoms with Gasteiger partial charge in [-0.2, -0.15) is 11.8 Å². The smallest absolute Gasteiger partial charge is 0.122 e. The van der Waals surface area contributed by atoms with E-state index in [1.165, 1.54) is 18.0 Å². The molecule has 0 spiro atoms. The number of thioether (sulfide) groups is 1. The molecule has 0 saturated carbocycles. The van der Waals surface area contributed by atoms with Gasteiger partial charge in [-0.15, -0.1) is 0 Å². The molecule has 2 N–H and O–H groups in total. The average Bonchev–Trinajstić information content (AvgIpc) is 2.77. The number of rotatable bonds is 5. The lowest BCUT2D eigenvalue weighted by atomic mass is 10.1. The van der Waals surface area contributed by atoms with Crippen molar-refractivity contribution in [2.75, 3.05) is 25.1 Å². The third-order valence-electron chi connectivity index (χ3n) is 3.22. The average molecular weight is 240 g/mol. The third-order valence-corrected chi connectivity index (χ3v) is 3.86. The fourth-order valence-electron chi connectivity index (χ4n) is 2.21. The van der Waals surface area contributed by atoms with Crippen molar-refractivity contribution in [3.05, 3.63) is 18.2 Å². The number of imidazole rings is 1. The molecule has 0 aromatic carbocycles. The maximum absolute atomic E-state index is 5.86. The highest BCUT2D eigenvalue weighted by molar-refractivity contribution is 7.98. The van der Waals surface area contributed by atoms with Crippen LogP contribution >= 0.6 is 11.8 Å². The Labute approximate surface area is 101 Å². The van der Waals surface area contributed by atoms with Gasteiger partial charge in [0.15, 0.2) is 0 Å². The van der Waals surface area contributed by atoms with Crippen molar-refractivity contribution in [1.29, 1.82) is 0 Å². The second-order valence-electron chi connectivity index (χ2n) is 4.18. The minimum Gasteiger partial charge on any atom is -0.333 e. The van der Waals surface area contributed by atoms with Crippen LogP contribution in [0, 0.1) is 0 Å². The van der Waals surface area contributed by atoms with Gasteiger partial charge in [-0.1, -0.05) is 0 Å². The number of nitrogens with two attached hydrogens (primary N) is 1. The highest BCUT2D eigenvalue weighted by Gasteiger charge is 2.22. The number of nitrogens with zero attached hydrogens (tertiary/aromatic N) is 3. The fourth-order valence-corrected chi connectivity index (χ4v) is 2.72. The summed E-state index contributed by atoms with van der Waals surface area (Å²) in [6.45, 7) is 3.84. The predicted octanol–water partition coefficient (Wildman–Crippen LogP) is 0.779. The summed E-state index contributed by atoms with van der Waals surface area (Å²) in [6.07, 6.45) is 7.28. The van der Waals surface area contributed by atoms with Gasteiger partial charge in [-0.3, -0.25) is 4.90 Å². The SMILES string of the molecule is CSCCC(CN)N1CCn2ccnc2C1. The van der Waals surface area contributed by atoms with Gasteiger partial charge in [0, 0.05) is 38.1 Å². The minimum atomic E-state index is 0.512. The summed E-state index contributed by atoms with van der Waals surface area (Å²) in [5, 5.41) is 0. The van der Waals surface area contributed by atoms with Crippen LogP contribution in [-0.2, 0) is 13.1 Å². The van der Waals surface area contributed by atoms with E-state index in [1.807, 2.05) is 18.0 Å². The van der Waals surface area contributed by atoms with Crippen LogP contribution in [0.4, 0.5) is 0 Å². The van der Waals surface area contributed by atoms with Crippen LogP contribution in [0.25, 0.3) is 0 Å². The summed E-state index contributed by atoms with van der Waals surface area (Å²) in [6, 6.07) is 0.512. The van der Waals surface area contributed by atoms with Crippen molar-refractivity contribution >= 4 is 11.8 Å². The Bertz CT molecular complexity index is 326. The largest absolute Gasteiger partial charge is 0.333 e. The molecule has 5 heteroatoms. The van der Waals surface area contributed by atoms with Crippen LogP contribution in [0.1, 0.15) is 12.2 Å². The Morgan fingerprint density at radius 2 is 2.44 bits per heavy atom. The van der Waals surface area contributed by atoms with Crippen LogP contribution in [-0.4, -0.2) is 45.6 Å². The van der Waals surface area contributed by atoms with Gasteiger partial charge in [-0.25, -0.2) is 4.98 Å². The predicted molar refractivity (Wildman–Crippen MR) is 68.5 cm³/mol. The Hall–Kier alpha value is -0.520. The van der Waals surface area contributed by atoms with E-state index in [9.17, 15) is 0 Å². The van der Waals surface area contributed by atoms with Gasteiger partial charge >= 0.3 is 0 Å². The van der Waals surface area contributed by atoms with Gasteiger partial charge in [-0.05, 0) is 18.4 Å². The van der Waals surface area contributed by atoms with Crippen LogP contribution in [0.3, 0.4) is 0 Å². The molecule has 1 aliphatic rings. The second-order valence-corrected chi connectivity index (χ2v) is 5.16. The summed E-state index contributed by atoms with van der Waals surface area (Å²) in [4.78, 5) is 6.85. The van der Waals surface area contributed by atoms with Gasteiger partial charge in [0.05, 0.1) is 6.54 Å². The van der Waals surface area contributed by atoms with E-state index in [4.69, 9.17) is 5.73 Å². The highest BCUT2D eigenvalue weighted by atomic mass is 32.2. The monoisotopic (exact) mass is 240 g/mol. The minimum absolute atomic E-state index is 0.512. The normalized spacial score (nSPS) is 18.4. The van der Waals surface area contributed by atoms with Crippen LogP contribution in [0.2, 0.25) is 0 Å². The summed E-state index contributed by atoms with van der Waals surface area (Å²) in [7, 11) is 0. The maximum atomic E-state index is 5.86. The topological polar surface area (TPSA) is 47.1 Å².